The van der Waals surface area contributed by atoms with E-state index >= 15 is 0 Å². The average Bonchev–Trinajstić information content (AvgIpc) is 2.64. The van der Waals surface area contributed by atoms with Crippen molar-refractivity contribution >= 4 is 17.6 Å². The Morgan fingerprint density at radius 2 is 1.85 bits per heavy atom. The molecule has 26 heavy (non-hydrogen) atoms. The summed E-state index contributed by atoms with van der Waals surface area (Å²) in [6.07, 6.45) is 0.628. The molecule has 0 saturated heterocycles. The number of halogens is 1. The normalized spacial score (nSPS) is 10.3. The second kappa shape index (κ2) is 8.84. The van der Waals surface area contributed by atoms with Gasteiger partial charge in [-0.15, -0.1) is 0 Å². The monoisotopic (exact) mass is 361 g/mol. The Balaban J connectivity index is 1.92. The van der Waals surface area contributed by atoms with Crippen LogP contribution in [0.3, 0.4) is 0 Å². The van der Waals surface area contributed by atoms with Crippen molar-refractivity contribution in [2.75, 3.05) is 25.7 Å². The maximum absolute atomic E-state index is 13.7. The number of amides is 1. The number of carboxylic acids is 1. The second-order valence-corrected chi connectivity index (χ2v) is 5.60. The number of aliphatic carboxylic acids is 1. The van der Waals surface area contributed by atoms with Crippen LogP contribution in [0.25, 0.3) is 0 Å². The molecule has 2 aromatic rings. The lowest BCUT2D eigenvalue weighted by molar-refractivity contribution is -0.139. The molecular weight excluding hydrogens is 341 g/mol. The van der Waals surface area contributed by atoms with E-state index in [1.54, 1.807) is 37.4 Å². The number of nitrogens with zero attached hydrogens (tertiary/aromatic N) is 1. The number of ether oxygens (including phenoxy) is 2. The lowest BCUT2D eigenvalue weighted by Crippen LogP contribution is -2.26. The number of hydrogen-bond donors (Lipinski definition) is 1. The molecule has 0 unspecified atom stereocenters. The van der Waals surface area contributed by atoms with E-state index in [1.807, 2.05) is 0 Å². The Kier molecular flexibility index (Phi) is 6.54. The molecule has 0 bridgehead atoms. The van der Waals surface area contributed by atoms with Crippen LogP contribution < -0.4 is 14.4 Å². The number of anilines is 1. The van der Waals surface area contributed by atoms with Gasteiger partial charge in [0.05, 0.1) is 7.11 Å². The highest BCUT2D eigenvalue weighted by Gasteiger charge is 2.12. The first-order valence-electron chi connectivity index (χ1n) is 7.94. The summed E-state index contributed by atoms with van der Waals surface area (Å²) in [5.41, 5.74) is 1.36. The number of hydrogen-bond acceptors (Lipinski definition) is 4. The highest BCUT2D eigenvalue weighted by molar-refractivity contribution is 5.92. The third-order valence-corrected chi connectivity index (χ3v) is 3.80. The van der Waals surface area contributed by atoms with E-state index in [9.17, 15) is 14.0 Å². The lowest BCUT2D eigenvalue weighted by Gasteiger charge is -2.18. The fourth-order valence-electron chi connectivity index (χ4n) is 2.34. The van der Waals surface area contributed by atoms with Gasteiger partial charge in [-0.05, 0) is 48.4 Å². The van der Waals surface area contributed by atoms with Gasteiger partial charge in [-0.1, -0.05) is 6.07 Å². The lowest BCUT2D eigenvalue weighted by atomic mass is 10.1. The third-order valence-electron chi connectivity index (χ3n) is 3.80. The van der Waals surface area contributed by atoms with Gasteiger partial charge in [0, 0.05) is 19.2 Å². The van der Waals surface area contributed by atoms with E-state index in [-0.39, 0.29) is 18.1 Å². The van der Waals surface area contributed by atoms with Gasteiger partial charge in [0.1, 0.15) is 5.75 Å². The van der Waals surface area contributed by atoms with Gasteiger partial charge in [-0.25, -0.2) is 9.18 Å². The van der Waals surface area contributed by atoms with E-state index < -0.39 is 18.4 Å². The van der Waals surface area contributed by atoms with Crippen molar-refractivity contribution in [3.05, 3.63) is 53.8 Å². The van der Waals surface area contributed by atoms with Crippen molar-refractivity contribution in [2.24, 2.45) is 0 Å². The molecule has 7 heteroatoms. The molecule has 0 aliphatic carbocycles. The summed E-state index contributed by atoms with van der Waals surface area (Å²) in [5.74, 6) is -1.06. The van der Waals surface area contributed by atoms with Crippen molar-refractivity contribution in [1.82, 2.24) is 0 Å². The molecule has 0 fully saturated rings. The molecule has 6 nitrogen and oxygen atoms in total. The molecule has 1 amide bonds. The van der Waals surface area contributed by atoms with E-state index in [0.29, 0.717) is 23.4 Å². The Morgan fingerprint density at radius 1 is 1.15 bits per heavy atom. The summed E-state index contributed by atoms with van der Waals surface area (Å²) in [7, 11) is 3.04. The zero-order valence-corrected chi connectivity index (χ0v) is 14.6. The first kappa shape index (κ1) is 19.2. The standard InChI is InChI=1S/C19H20FNO5/c1-21(14-5-7-15(8-6-14)26-12-19(23)24)18(22)10-4-13-3-9-17(25-2)16(20)11-13/h3,5-9,11H,4,10,12H2,1-2H3,(H,23,24). The van der Waals surface area contributed by atoms with Crippen LogP contribution in [0.15, 0.2) is 42.5 Å². The van der Waals surface area contributed by atoms with Crippen LogP contribution in [0, 0.1) is 5.82 Å². The van der Waals surface area contributed by atoms with Crippen LogP contribution in [-0.4, -0.2) is 37.7 Å². The molecule has 0 atom stereocenters. The maximum atomic E-state index is 13.7. The molecular formula is C19H20FNO5. The van der Waals surface area contributed by atoms with Crippen molar-refractivity contribution in [1.29, 1.82) is 0 Å². The molecule has 0 aromatic heterocycles. The SMILES string of the molecule is COc1ccc(CCC(=O)N(C)c2ccc(OCC(=O)O)cc2)cc1F. The molecule has 0 radical (unpaired) electrons. The summed E-state index contributed by atoms with van der Waals surface area (Å²) in [5, 5.41) is 8.58. The molecule has 0 aliphatic rings. The molecule has 0 aliphatic heterocycles. The Hall–Kier alpha value is -3.09. The van der Waals surface area contributed by atoms with Gasteiger partial charge < -0.3 is 19.5 Å². The number of methoxy groups -OCH3 is 1. The smallest absolute Gasteiger partial charge is 0.341 e. The van der Waals surface area contributed by atoms with Gasteiger partial charge in [0.25, 0.3) is 0 Å². The van der Waals surface area contributed by atoms with Gasteiger partial charge >= 0.3 is 5.97 Å². The van der Waals surface area contributed by atoms with Crippen LogP contribution in [0.4, 0.5) is 10.1 Å². The largest absolute Gasteiger partial charge is 0.494 e. The zero-order chi connectivity index (χ0) is 19.1. The number of carbonyl (C=O) groups excluding carboxylic acids is 1. The van der Waals surface area contributed by atoms with E-state index in [4.69, 9.17) is 14.6 Å². The predicted molar refractivity (Wildman–Crippen MR) is 94.3 cm³/mol. The summed E-state index contributed by atoms with van der Waals surface area (Å²) < 4.78 is 23.6. The highest BCUT2D eigenvalue weighted by atomic mass is 19.1. The first-order valence-corrected chi connectivity index (χ1v) is 7.94. The summed E-state index contributed by atoms with van der Waals surface area (Å²) >= 11 is 0. The minimum atomic E-state index is -1.06. The quantitative estimate of drug-likeness (QED) is 0.782. The summed E-state index contributed by atoms with van der Waals surface area (Å²) in [4.78, 5) is 24.3. The second-order valence-electron chi connectivity index (χ2n) is 5.60. The van der Waals surface area contributed by atoms with Crippen molar-refractivity contribution in [3.8, 4) is 11.5 Å². The van der Waals surface area contributed by atoms with Crippen LogP contribution in [0.5, 0.6) is 11.5 Å². The minimum absolute atomic E-state index is 0.125. The highest BCUT2D eigenvalue weighted by Crippen LogP contribution is 2.21. The van der Waals surface area contributed by atoms with Crippen LogP contribution in [-0.2, 0) is 16.0 Å². The third kappa shape index (κ3) is 5.20. The zero-order valence-electron chi connectivity index (χ0n) is 14.6. The first-order chi connectivity index (χ1) is 12.4. The van der Waals surface area contributed by atoms with E-state index in [0.717, 1.165) is 0 Å². The van der Waals surface area contributed by atoms with Gasteiger partial charge in [0.15, 0.2) is 18.2 Å². The average molecular weight is 361 g/mol. The number of rotatable bonds is 8. The predicted octanol–water partition coefficient (Wildman–Crippen LogP) is 2.89. The van der Waals surface area contributed by atoms with Gasteiger partial charge in [0.2, 0.25) is 5.91 Å². The van der Waals surface area contributed by atoms with Crippen LogP contribution in [0.1, 0.15) is 12.0 Å². The van der Waals surface area contributed by atoms with Gasteiger partial charge in [-0.2, -0.15) is 0 Å². The Bertz CT molecular complexity index is 776. The van der Waals surface area contributed by atoms with Crippen molar-refractivity contribution < 1.29 is 28.6 Å². The maximum Gasteiger partial charge on any atom is 0.341 e. The fraction of sp³-hybridized carbons (Fsp3) is 0.263. The Labute approximate surface area is 150 Å². The van der Waals surface area contributed by atoms with E-state index in [1.165, 1.54) is 24.1 Å². The number of carboxylic acid groups (broad SMARTS) is 1. The number of benzene rings is 2. The number of carbonyl (C=O) groups is 2. The molecule has 0 saturated carbocycles. The molecule has 138 valence electrons. The van der Waals surface area contributed by atoms with E-state index in [2.05, 4.69) is 0 Å². The Morgan fingerprint density at radius 3 is 2.42 bits per heavy atom. The molecule has 2 rings (SSSR count). The minimum Gasteiger partial charge on any atom is -0.494 e. The van der Waals surface area contributed by atoms with Gasteiger partial charge in [-0.3, -0.25) is 4.79 Å². The van der Waals surface area contributed by atoms with Crippen LogP contribution in [0.2, 0.25) is 0 Å². The number of aryl methyl sites for hydroxylation is 1. The van der Waals surface area contributed by atoms with Crippen molar-refractivity contribution in [3.63, 3.8) is 0 Å². The summed E-state index contributed by atoms with van der Waals surface area (Å²) in [6.45, 7) is -0.424. The summed E-state index contributed by atoms with van der Waals surface area (Å²) in [6, 6.07) is 11.2. The molecule has 1 N–H and O–H groups in total. The topological polar surface area (TPSA) is 76.1 Å². The molecule has 0 spiro atoms. The van der Waals surface area contributed by atoms with Crippen molar-refractivity contribution in [2.45, 2.75) is 12.8 Å². The molecule has 0 heterocycles. The molecule has 2 aromatic carbocycles. The van der Waals surface area contributed by atoms with Crippen LogP contribution >= 0.6 is 0 Å². The fourth-order valence-corrected chi connectivity index (χ4v) is 2.34.